The number of hydrogen-bond donors (Lipinski definition) is 2. The van der Waals surface area contributed by atoms with Crippen LogP contribution in [0.5, 0.6) is 5.75 Å². The molecule has 1 unspecified atom stereocenters. The number of nitrogens with one attached hydrogen (secondary N) is 2. The van der Waals surface area contributed by atoms with Gasteiger partial charge in [0.25, 0.3) is 0 Å². The van der Waals surface area contributed by atoms with E-state index in [1.165, 1.54) is 5.56 Å². The summed E-state index contributed by atoms with van der Waals surface area (Å²) in [4.78, 5) is 4.24. The Morgan fingerprint density at radius 3 is 2.62 bits per heavy atom. The molecule has 1 atom stereocenters. The molecule has 2 N–H and O–H groups in total. The predicted octanol–water partition coefficient (Wildman–Crippen LogP) is 3.63. The number of benzene rings is 2. The van der Waals surface area contributed by atoms with Crippen LogP contribution in [0, 0.1) is 0 Å². The highest BCUT2D eigenvalue weighted by atomic mass is 127. The molecule has 1 heterocycles. The molecule has 0 radical (unpaired) electrons. The van der Waals surface area contributed by atoms with Crippen molar-refractivity contribution in [3.05, 3.63) is 64.7 Å². The van der Waals surface area contributed by atoms with Gasteiger partial charge in [-0.2, -0.15) is 0 Å². The third kappa shape index (κ3) is 5.01. The van der Waals surface area contributed by atoms with Crippen LogP contribution >= 0.6 is 35.6 Å². The highest BCUT2D eigenvalue weighted by Crippen LogP contribution is 2.27. The van der Waals surface area contributed by atoms with E-state index in [0.29, 0.717) is 6.54 Å². The van der Waals surface area contributed by atoms with Crippen LogP contribution in [0.15, 0.2) is 53.5 Å². The molecule has 0 amide bonds. The molecule has 24 heavy (non-hydrogen) atoms. The number of ether oxygens (including phenoxy) is 1. The van der Waals surface area contributed by atoms with Crippen molar-refractivity contribution in [2.24, 2.45) is 4.99 Å². The highest BCUT2D eigenvalue weighted by molar-refractivity contribution is 14.0. The van der Waals surface area contributed by atoms with Gasteiger partial charge >= 0.3 is 0 Å². The first-order chi connectivity index (χ1) is 11.2. The minimum Gasteiger partial charge on any atom is -0.488 e. The lowest BCUT2D eigenvalue weighted by Crippen LogP contribution is -2.41. The van der Waals surface area contributed by atoms with Crippen LogP contribution in [0.1, 0.15) is 11.1 Å². The Labute approximate surface area is 164 Å². The van der Waals surface area contributed by atoms with E-state index in [1.54, 1.807) is 7.05 Å². The van der Waals surface area contributed by atoms with E-state index in [-0.39, 0.29) is 30.1 Å². The second kappa shape index (κ2) is 9.13. The van der Waals surface area contributed by atoms with Gasteiger partial charge in [0, 0.05) is 25.0 Å². The van der Waals surface area contributed by atoms with Crippen LogP contribution in [0.2, 0.25) is 5.02 Å². The maximum Gasteiger partial charge on any atom is 0.191 e. The van der Waals surface area contributed by atoms with Crippen molar-refractivity contribution >= 4 is 41.5 Å². The summed E-state index contributed by atoms with van der Waals surface area (Å²) in [6.45, 7) is 1.41. The first kappa shape index (κ1) is 18.9. The lowest BCUT2D eigenvalue weighted by atomic mass is 10.1. The van der Waals surface area contributed by atoms with Crippen LogP contribution in [0.4, 0.5) is 0 Å². The molecule has 0 saturated heterocycles. The largest absolute Gasteiger partial charge is 0.488 e. The highest BCUT2D eigenvalue weighted by Gasteiger charge is 2.22. The number of fused-ring (bicyclic) bond motifs is 1. The van der Waals surface area contributed by atoms with Gasteiger partial charge in [0.15, 0.2) is 5.96 Å². The monoisotopic (exact) mass is 457 g/mol. The van der Waals surface area contributed by atoms with Gasteiger partial charge in [0.1, 0.15) is 11.9 Å². The number of halogens is 2. The van der Waals surface area contributed by atoms with Crippen molar-refractivity contribution in [2.75, 3.05) is 13.6 Å². The normalized spacial score (nSPS) is 15.9. The summed E-state index contributed by atoms with van der Waals surface area (Å²) < 4.78 is 5.92. The summed E-state index contributed by atoms with van der Waals surface area (Å²) in [6.07, 6.45) is 1.07. The standard InChI is InChI=1S/C18H20ClN3O.HI/c1-20-18(21-11-13-6-8-15(19)9-7-13)22-12-16-10-14-4-2-3-5-17(14)23-16;/h2-9,16H,10-12H2,1H3,(H2,20,21,22);1H. The molecule has 0 saturated carbocycles. The lowest BCUT2D eigenvalue weighted by molar-refractivity contribution is 0.235. The molecule has 0 aliphatic carbocycles. The molecule has 0 spiro atoms. The molecule has 6 heteroatoms. The third-order valence-corrected chi connectivity index (χ3v) is 4.06. The van der Waals surface area contributed by atoms with Crippen LogP contribution in [-0.4, -0.2) is 25.7 Å². The molecule has 2 aromatic carbocycles. The zero-order valence-electron chi connectivity index (χ0n) is 13.5. The van der Waals surface area contributed by atoms with E-state index in [9.17, 15) is 0 Å². The molecular weight excluding hydrogens is 437 g/mol. The van der Waals surface area contributed by atoms with E-state index in [0.717, 1.165) is 35.3 Å². The molecule has 0 bridgehead atoms. The lowest BCUT2D eigenvalue weighted by Gasteiger charge is -2.15. The van der Waals surface area contributed by atoms with Crippen molar-refractivity contribution in [1.82, 2.24) is 10.6 Å². The van der Waals surface area contributed by atoms with Crippen molar-refractivity contribution in [2.45, 2.75) is 19.1 Å². The topological polar surface area (TPSA) is 45.7 Å². The zero-order valence-corrected chi connectivity index (χ0v) is 16.5. The van der Waals surface area contributed by atoms with Crippen LogP contribution in [0.3, 0.4) is 0 Å². The Balaban J connectivity index is 0.00000208. The SMILES string of the molecule is CN=C(NCc1ccc(Cl)cc1)NCC1Cc2ccccc2O1.I. The number of aliphatic imine (C=N–C) groups is 1. The summed E-state index contributed by atoms with van der Waals surface area (Å²) in [5, 5.41) is 7.35. The van der Waals surface area contributed by atoms with Crippen LogP contribution < -0.4 is 15.4 Å². The predicted molar refractivity (Wildman–Crippen MR) is 110 cm³/mol. The number of guanidine groups is 1. The van der Waals surface area contributed by atoms with E-state index in [4.69, 9.17) is 16.3 Å². The number of nitrogens with zero attached hydrogens (tertiary/aromatic N) is 1. The minimum absolute atomic E-state index is 0. The summed E-state index contributed by atoms with van der Waals surface area (Å²) in [6, 6.07) is 16.0. The molecule has 1 aliphatic heterocycles. The maximum atomic E-state index is 5.92. The van der Waals surface area contributed by atoms with E-state index in [1.807, 2.05) is 42.5 Å². The summed E-state index contributed by atoms with van der Waals surface area (Å²) >= 11 is 5.89. The first-order valence-electron chi connectivity index (χ1n) is 7.68. The van der Waals surface area contributed by atoms with Crippen molar-refractivity contribution in [3.8, 4) is 5.75 Å². The Morgan fingerprint density at radius 1 is 1.17 bits per heavy atom. The van der Waals surface area contributed by atoms with Gasteiger partial charge in [-0.05, 0) is 29.3 Å². The molecular formula is C18H21ClIN3O. The van der Waals surface area contributed by atoms with Gasteiger partial charge in [-0.3, -0.25) is 4.99 Å². The first-order valence-corrected chi connectivity index (χ1v) is 8.06. The van der Waals surface area contributed by atoms with Gasteiger partial charge in [-0.15, -0.1) is 24.0 Å². The molecule has 3 rings (SSSR count). The minimum atomic E-state index is 0. The number of hydrogen-bond acceptors (Lipinski definition) is 2. The number of rotatable bonds is 4. The van der Waals surface area contributed by atoms with Crippen LogP contribution in [-0.2, 0) is 13.0 Å². The Hall–Kier alpha value is -1.47. The van der Waals surface area contributed by atoms with Gasteiger partial charge in [0.2, 0.25) is 0 Å². The summed E-state index contributed by atoms with van der Waals surface area (Å²) in [7, 11) is 1.77. The second-order valence-electron chi connectivity index (χ2n) is 5.48. The van der Waals surface area contributed by atoms with Gasteiger partial charge in [0.05, 0.1) is 6.54 Å². The molecule has 1 aliphatic rings. The van der Waals surface area contributed by atoms with Gasteiger partial charge in [-0.1, -0.05) is 41.9 Å². The number of para-hydroxylation sites is 1. The average Bonchev–Trinajstić information content (AvgIpc) is 2.99. The molecule has 0 fully saturated rings. The fraction of sp³-hybridized carbons (Fsp3) is 0.278. The van der Waals surface area contributed by atoms with Crippen molar-refractivity contribution < 1.29 is 4.74 Å². The van der Waals surface area contributed by atoms with Gasteiger partial charge in [-0.25, -0.2) is 0 Å². The molecule has 4 nitrogen and oxygen atoms in total. The molecule has 0 aromatic heterocycles. The van der Waals surface area contributed by atoms with E-state index < -0.39 is 0 Å². The van der Waals surface area contributed by atoms with Crippen LogP contribution in [0.25, 0.3) is 0 Å². The van der Waals surface area contributed by atoms with E-state index >= 15 is 0 Å². The quantitative estimate of drug-likeness (QED) is 0.419. The fourth-order valence-corrected chi connectivity index (χ4v) is 2.71. The smallest absolute Gasteiger partial charge is 0.191 e. The Bertz CT molecular complexity index is 666. The van der Waals surface area contributed by atoms with Crippen molar-refractivity contribution in [1.29, 1.82) is 0 Å². The Morgan fingerprint density at radius 2 is 1.92 bits per heavy atom. The molecule has 2 aromatic rings. The molecule has 128 valence electrons. The zero-order chi connectivity index (χ0) is 16.1. The van der Waals surface area contributed by atoms with Crippen molar-refractivity contribution in [3.63, 3.8) is 0 Å². The Kier molecular flexibility index (Phi) is 7.17. The fourth-order valence-electron chi connectivity index (χ4n) is 2.59. The second-order valence-corrected chi connectivity index (χ2v) is 5.92. The maximum absolute atomic E-state index is 5.92. The van der Waals surface area contributed by atoms with Gasteiger partial charge < -0.3 is 15.4 Å². The average molecular weight is 458 g/mol. The third-order valence-electron chi connectivity index (χ3n) is 3.81. The summed E-state index contributed by atoms with van der Waals surface area (Å²) in [5.74, 6) is 1.75. The van der Waals surface area contributed by atoms with E-state index in [2.05, 4.69) is 21.7 Å². The summed E-state index contributed by atoms with van der Waals surface area (Å²) in [5.41, 5.74) is 2.42.